The van der Waals surface area contributed by atoms with E-state index in [1.165, 1.54) is 17.5 Å². The number of halogens is 1. The average molecular weight is 481 g/mol. The third-order valence-electron chi connectivity index (χ3n) is 5.96. The van der Waals surface area contributed by atoms with E-state index in [1.54, 1.807) is 6.07 Å². The summed E-state index contributed by atoms with van der Waals surface area (Å²) < 4.78 is 20.8. The number of carbonyl (C=O) groups excluding carboxylic acids is 1. The topological polar surface area (TPSA) is 92.3 Å². The highest BCUT2D eigenvalue weighted by Gasteiger charge is 2.23. The second-order valence-electron chi connectivity index (χ2n) is 9.24. The Morgan fingerprint density at radius 2 is 1.94 bits per heavy atom. The molecular formula is C24H25FN6O2S. The van der Waals surface area contributed by atoms with E-state index in [2.05, 4.69) is 51.3 Å². The molecule has 5 rings (SSSR count). The van der Waals surface area contributed by atoms with E-state index in [0.717, 1.165) is 21.2 Å². The van der Waals surface area contributed by atoms with Gasteiger partial charge in [-0.05, 0) is 46.0 Å². The van der Waals surface area contributed by atoms with Crippen LogP contribution in [-0.4, -0.2) is 51.4 Å². The molecule has 2 N–H and O–H groups in total. The van der Waals surface area contributed by atoms with Gasteiger partial charge in [0.1, 0.15) is 4.88 Å². The number of hydrogen-bond donors (Lipinski definition) is 2. The lowest BCUT2D eigenvalue weighted by molar-refractivity contribution is 0.0962. The van der Waals surface area contributed by atoms with E-state index in [-0.39, 0.29) is 17.3 Å². The number of pyridine rings is 1. The Labute approximate surface area is 200 Å². The maximum Gasteiger partial charge on any atom is 0.311 e. The van der Waals surface area contributed by atoms with Crippen LogP contribution in [0.5, 0.6) is 11.8 Å². The Bertz CT molecular complexity index is 1410. The number of rotatable bonds is 4. The Morgan fingerprint density at radius 3 is 2.74 bits per heavy atom. The van der Waals surface area contributed by atoms with Crippen molar-refractivity contribution in [1.29, 1.82) is 0 Å². The molecule has 3 aromatic heterocycles. The first-order valence-electron chi connectivity index (χ1n) is 11.0. The molecule has 34 heavy (non-hydrogen) atoms. The smallest absolute Gasteiger partial charge is 0.311 e. The third-order valence-corrected chi connectivity index (χ3v) is 7.12. The van der Waals surface area contributed by atoms with Gasteiger partial charge in [0, 0.05) is 58.5 Å². The van der Waals surface area contributed by atoms with Crippen LogP contribution in [0.25, 0.3) is 21.0 Å². The highest BCUT2D eigenvalue weighted by molar-refractivity contribution is 7.21. The maximum absolute atomic E-state index is 13.9. The molecule has 1 aliphatic heterocycles. The number of thiophene rings is 1. The molecule has 8 nitrogen and oxygen atoms in total. The second-order valence-corrected chi connectivity index (χ2v) is 10.3. The Kier molecular flexibility index (Phi) is 5.57. The minimum atomic E-state index is -0.857. The number of amides is 1. The SMILES string of the molecule is CN(Cc1cnc(F)nc1Oc1ccc2c(ccc3sc4c(c32)NCCNC4=O)n1)C(C)(C)C. The number of carbonyl (C=O) groups is 1. The Balaban J connectivity index is 1.53. The van der Waals surface area contributed by atoms with Gasteiger partial charge in [-0.25, -0.2) is 9.97 Å². The predicted molar refractivity (Wildman–Crippen MR) is 131 cm³/mol. The monoisotopic (exact) mass is 480 g/mol. The number of fused-ring (bicyclic) bond motifs is 5. The molecule has 4 aromatic rings. The molecule has 176 valence electrons. The van der Waals surface area contributed by atoms with E-state index in [9.17, 15) is 9.18 Å². The van der Waals surface area contributed by atoms with Crippen molar-refractivity contribution in [2.45, 2.75) is 32.9 Å². The summed E-state index contributed by atoms with van der Waals surface area (Å²) in [5.74, 6) is 0.372. The van der Waals surface area contributed by atoms with Crippen molar-refractivity contribution in [3.8, 4) is 11.8 Å². The molecular weight excluding hydrogens is 455 g/mol. The molecule has 0 spiro atoms. The molecule has 1 aliphatic rings. The molecule has 0 bridgehead atoms. The molecule has 0 saturated heterocycles. The summed E-state index contributed by atoms with van der Waals surface area (Å²) in [6.45, 7) is 7.99. The van der Waals surface area contributed by atoms with Gasteiger partial charge >= 0.3 is 6.08 Å². The largest absolute Gasteiger partial charge is 0.420 e. The summed E-state index contributed by atoms with van der Waals surface area (Å²) in [7, 11) is 1.98. The van der Waals surface area contributed by atoms with Crippen molar-refractivity contribution in [3.05, 3.63) is 47.0 Å². The van der Waals surface area contributed by atoms with Gasteiger partial charge in [0.25, 0.3) is 5.91 Å². The molecule has 0 atom stereocenters. The highest BCUT2D eigenvalue weighted by atomic mass is 32.1. The van der Waals surface area contributed by atoms with Crippen molar-refractivity contribution < 1.29 is 13.9 Å². The zero-order valence-corrected chi connectivity index (χ0v) is 20.2. The molecule has 0 unspecified atom stereocenters. The number of anilines is 1. The fourth-order valence-electron chi connectivity index (χ4n) is 3.77. The minimum absolute atomic E-state index is 0.0687. The van der Waals surface area contributed by atoms with Crippen LogP contribution in [0.15, 0.2) is 30.5 Å². The van der Waals surface area contributed by atoms with E-state index in [1.807, 2.05) is 25.2 Å². The molecule has 10 heteroatoms. The van der Waals surface area contributed by atoms with Gasteiger partial charge in [0.15, 0.2) is 0 Å². The van der Waals surface area contributed by atoms with Crippen LogP contribution in [0, 0.1) is 6.08 Å². The Hall–Kier alpha value is -3.37. The van der Waals surface area contributed by atoms with E-state index in [0.29, 0.717) is 41.5 Å². The summed E-state index contributed by atoms with van der Waals surface area (Å²) in [6.07, 6.45) is 0.590. The summed E-state index contributed by atoms with van der Waals surface area (Å²) in [4.78, 5) is 27.5. The summed E-state index contributed by atoms with van der Waals surface area (Å²) in [6, 6.07) is 7.50. The molecule has 1 aromatic carbocycles. The molecule has 0 aliphatic carbocycles. The first kappa shape index (κ1) is 22.4. The van der Waals surface area contributed by atoms with E-state index < -0.39 is 6.08 Å². The van der Waals surface area contributed by atoms with Gasteiger partial charge in [-0.3, -0.25) is 9.69 Å². The van der Waals surface area contributed by atoms with Crippen LogP contribution in [-0.2, 0) is 6.54 Å². The van der Waals surface area contributed by atoms with Crippen LogP contribution in [0.2, 0.25) is 0 Å². The van der Waals surface area contributed by atoms with Crippen LogP contribution < -0.4 is 15.4 Å². The molecule has 0 fully saturated rings. The van der Waals surface area contributed by atoms with Crippen molar-refractivity contribution in [2.24, 2.45) is 0 Å². The van der Waals surface area contributed by atoms with Crippen molar-refractivity contribution in [2.75, 3.05) is 25.5 Å². The van der Waals surface area contributed by atoms with Gasteiger partial charge in [0.2, 0.25) is 11.8 Å². The summed E-state index contributed by atoms with van der Waals surface area (Å²) >= 11 is 1.46. The van der Waals surface area contributed by atoms with Gasteiger partial charge in [-0.1, -0.05) is 0 Å². The van der Waals surface area contributed by atoms with Crippen molar-refractivity contribution in [1.82, 2.24) is 25.2 Å². The minimum Gasteiger partial charge on any atom is -0.420 e. The van der Waals surface area contributed by atoms with Crippen LogP contribution in [0.4, 0.5) is 10.1 Å². The van der Waals surface area contributed by atoms with Gasteiger partial charge < -0.3 is 15.4 Å². The zero-order valence-electron chi connectivity index (χ0n) is 19.4. The number of nitrogens with one attached hydrogen (secondary N) is 2. The van der Waals surface area contributed by atoms with Gasteiger partial charge in [-0.2, -0.15) is 9.37 Å². The van der Waals surface area contributed by atoms with Crippen LogP contribution in [0.1, 0.15) is 36.0 Å². The summed E-state index contributed by atoms with van der Waals surface area (Å²) in [5.41, 5.74) is 2.11. The quantitative estimate of drug-likeness (QED) is 0.414. The van der Waals surface area contributed by atoms with Crippen molar-refractivity contribution >= 4 is 43.9 Å². The number of hydrogen-bond acceptors (Lipinski definition) is 8. The van der Waals surface area contributed by atoms with Crippen LogP contribution >= 0.6 is 11.3 Å². The van der Waals surface area contributed by atoms with E-state index in [4.69, 9.17) is 4.74 Å². The van der Waals surface area contributed by atoms with Gasteiger partial charge in [-0.15, -0.1) is 11.3 Å². The maximum atomic E-state index is 13.9. The average Bonchev–Trinajstić information content (AvgIpc) is 3.07. The van der Waals surface area contributed by atoms with Crippen LogP contribution in [0.3, 0.4) is 0 Å². The fourth-order valence-corrected chi connectivity index (χ4v) is 4.88. The number of aromatic nitrogens is 3. The fraction of sp³-hybridized carbons (Fsp3) is 0.333. The highest BCUT2D eigenvalue weighted by Crippen LogP contribution is 2.41. The normalized spacial score (nSPS) is 14.1. The molecule has 4 heterocycles. The number of ether oxygens (including phenoxy) is 1. The molecule has 0 saturated carbocycles. The van der Waals surface area contributed by atoms with Crippen molar-refractivity contribution in [3.63, 3.8) is 0 Å². The van der Waals surface area contributed by atoms with Gasteiger partial charge in [0.05, 0.1) is 11.2 Å². The Morgan fingerprint density at radius 1 is 1.15 bits per heavy atom. The first-order valence-corrected chi connectivity index (χ1v) is 11.8. The third kappa shape index (κ3) is 4.14. The van der Waals surface area contributed by atoms with E-state index >= 15 is 0 Å². The number of nitrogens with zero attached hydrogens (tertiary/aromatic N) is 4. The second kappa shape index (κ2) is 8.44. The first-order chi connectivity index (χ1) is 16.2. The summed E-state index contributed by atoms with van der Waals surface area (Å²) in [5, 5.41) is 8.15. The lowest BCUT2D eigenvalue weighted by atomic mass is 10.1. The molecule has 0 radical (unpaired) electrons. The number of benzene rings is 1. The lowest BCUT2D eigenvalue weighted by Crippen LogP contribution is -2.37. The standard InChI is InChI=1S/C24H25FN6O2S/c1-24(2,3)31(4)12-13-11-28-23(25)30-22(13)33-17-8-5-14-15(29-17)6-7-16-18(14)19-20(34-16)21(32)27-10-9-26-19/h5-8,11,26H,9-10,12H2,1-4H3,(H,27,32). The predicted octanol–water partition coefficient (Wildman–Crippen LogP) is 4.56. The zero-order chi connectivity index (χ0) is 24.0. The molecule has 1 amide bonds. The lowest BCUT2D eigenvalue weighted by Gasteiger charge is -2.31.